The van der Waals surface area contributed by atoms with Crippen LogP contribution in [0, 0.1) is 5.41 Å². The maximum absolute atomic E-state index is 9.52. The number of carbonyl (C=O) groups is 1. The standard InChI is InChI=1S/C6H14O3.C3H4O2S/c1-2-6(3-7,4-8)5-9;1-2(6)3(4)5/h7-9H,2-5H2,1H3;6H,1H2,(H,4,5). The fraction of sp³-hybridized carbons (Fsp3) is 0.667. The fourth-order valence-corrected chi connectivity index (χ4v) is 0.485. The highest BCUT2D eigenvalue weighted by Crippen LogP contribution is 2.18. The molecule has 15 heavy (non-hydrogen) atoms. The summed E-state index contributed by atoms with van der Waals surface area (Å²) in [5.74, 6) is -1.07. The van der Waals surface area contributed by atoms with Crippen LogP contribution < -0.4 is 0 Å². The summed E-state index contributed by atoms with van der Waals surface area (Å²) in [6.45, 7) is 4.37. The van der Waals surface area contributed by atoms with E-state index in [4.69, 9.17) is 20.4 Å². The van der Waals surface area contributed by atoms with Gasteiger partial charge in [-0.1, -0.05) is 13.5 Å². The molecule has 0 aliphatic carbocycles. The van der Waals surface area contributed by atoms with Crippen LogP contribution in [0.15, 0.2) is 11.5 Å². The van der Waals surface area contributed by atoms with Crippen LogP contribution in [0.5, 0.6) is 0 Å². The molecule has 0 aliphatic heterocycles. The van der Waals surface area contributed by atoms with Gasteiger partial charge in [0, 0.05) is 5.41 Å². The molecule has 6 heteroatoms. The largest absolute Gasteiger partial charge is 0.477 e. The van der Waals surface area contributed by atoms with Gasteiger partial charge in [0.15, 0.2) is 0 Å². The second-order valence-corrected chi connectivity index (χ2v) is 3.62. The molecule has 0 spiro atoms. The van der Waals surface area contributed by atoms with Gasteiger partial charge in [-0.15, -0.1) is 12.6 Å². The van der Waals surface area contributed by atoms with Gasteiger partial charge in [0.1, 0.15) is 0 Å². The zero-order valence-corrected chi connectivity index (χ0v) is 9.57. The van der Waals surface area contributed by atoms with Gasteiger partial charge >= 0.3 is 5.97 Å². The summed E-state index contributed by atoms with van der Waals surface area (Å²) in [6, 6.07) is 0. The van der Waals surface area contributed by atoms with Crippen LogP contribution in [0.4, 0.5) is 0 Å². The smallest absolute Gasteiger partial charge is 0.341 e. The Kier molecular flexibility index (Phi) is 9.80. The zero-order chi connectivity index (χ0) is 12.5. The first-order chi connectivity index (χ1) is 6.89. The Balaban J connectivity index is 0. The lowest BCUT2D eigenvalue weighted by Gasteiger charge is -2.24. The summed E-state index contributed by atoms with van der Waals surface area (Å²) in [5, 5.41) is 33.8. The first-order valence-electron chi connectivity index (χ1n) is 4.32. The van der Waals surface area contributed by atoms with Gasteiger partial charge in [-0.3, -0.25) is 0 Å². The van der Waals surface area contributed by atoms with Gasteiger partial charge in [0.25, 0.3) is 0 Å². The Bertz CT molecular complexity index is 171. The minimum Gasteiger partial charge on any atom is -0.477 e. The molecule has 4 N–H and O–H groups in total. The fourth-order valence-electron chi connectivity index (χ4n) is 0.485. The number of carboxylic acids is 1. The molecular weight excluding hydrogens is 220 g/mol. The van der Waals surface area contributed by atoms with E-state index in [1.807, 2.05) is 6.92 Å². The predicted molar refractivity (Wildman–Crippen MR) is 59.7 cm³/mol. The monoisotopic (exact) mass is 238 g/mol. The van der Waals surface area contributed by atoms with Crippen molar-refractivity contribution < 1.29 is 25.2 Å². The SMILES string of the molecule is C=C(S)C(=O)O.CCC(CO)(CO)CO. The van der Waals surface area contributed by atoms with Crippen molar-refractivity contribution in [1.29, 1.82) is 0 Å². The van der Waals surface area contributed by atoms with E-state index in [2.05, 4.69) is 19.2 Å². The zero-order valence-electron chi connectivity index (χ0n) is 8.68. The highest BCUT2D eigenvalue weighted by Gasteiger charge is 2.24. The third kappa shape index (κ3) is 7.38. The van der Waals surface area contributed by atoms with Crippen molar-refractivity contribution in [3.8, 4) is 0 Å². The molecule has 0 heterocycles. The topological polar surface area (TPSA) is 98.0 Å². The summed E-state index contributed by atoms with van der Waals surface area (Å²) in [5.41, 5.74) is -0.667. The maximum Gasteiger partial charge on any atom is 0.341 e. The third-order valence-corrected chi connectivity index (χ3v) is 2.19. The van der Waals surface area contributed by atoms with E-state index >= 15 is 0 Å². The molecule has 0 bridgehead atoms. The molecule has 90 valence electrons. The molecule has 5 nitrogen and oxygen atoms in total. The van der Waals surface area contributed by atoms with Gasteiger partial charge in [0.05, 0.1) is 24.7 Å². The van der Waals surface area contributed by atoms with Crippen LogP contribution in [0.1, 0.15) is 13.3 Å². The van der Waals surface area contributed by atoms with Crippen LogP contribution in [0.25, 0.3) is 0 Å². The highest BCUT2D eigenvalue weighted by molar-refractivity contribution is 7.85. The Morgan fingerprint density at radius 1 is 1.27 bits per heavy atom. The van der Waals surface area contributed by atoms with Crippen molar-refractivity contribution in [2.24, 2.45) is 5.41 Å². The van der Waals surface area contributed by atoms with Gasteiger partial charge < -0.3 is 20.4 Å². The van der Waals surface area contributed by atoms with Crippen LogP contribution in [-0.4, -0.2) is 46.2 Å². The van der Waals surface area contributed by atoms with Crippen molar-refractivity contribution >= 4 is 18.6 Å². The van der Waals surface area contributed by atoms with Crippen molar-refractivity contribution in [1.82, 2.24) is 0 Å². The number of aliphatic hydroxyl groups excluding tert-OH is 3. The minimum atomic E-state index is -1.07. The molecule has 0 radical (unpaired) electrons. The van der Waals surface area contributed by atoms with Crippen molar-refractivity contribution in [2.45, 2.75) is 13.3 Å². The van der Waals surface area contributed by atoms with E-state index in [1.54, 1.807) is 0 Å². The maximum atomic E-state index is 9.52. The molecule has 0 aromatic rings. The molecular formula is C9H18O5S. The molecule has 0 aliphatic rings. The Hall–Kier alpha value is -0.560. The lowest BCUT2D eigenvalue weighted by atomic mass is 9.88. The van der Waals surface area contributed by atoms with Crippen molar-refractivity contribution in [3.63, 3.8) is 0 Å². The summed E-state index contributed by atoms with van der Waals surface area (Å²) >= 11 is 3.40. The Morgan fingerprint density at radius 2 is 1.53 bits per heavy atom. The molecule has 0 amide bonds. The number of aliphatic hydroxyl groups is 3. The van der Waals surface area contributed by atoms with Crippen LogP contribution in [-0.2, 0) is 4.79 Å². The van der Waals surface area contributed by atoms with Crippen LogP contribution >= 0.6 is 12.6 Å². The number of hydrogen-bond donors (Lipinski definition) is 5. The Morgan fingerprint density at radius 3 is 1.53 bits per heavy atom. The van der Waals surface area contributed by atoms with Gasteiger partial charge in [-0.2, -0.15) is 0 Å². The molecule has 0 saturated carbocycles. The van der Waals surface area contributed by atoms with Crippen LogP contribution in [0.2, 0.25) is 0 Å². The first kappa shape index (κ1) is 16.9. The second kappa shape index (κ2) is 8.72. The third-order valence-electron chi connectivity index (χ3n) is 2.00. The lowest BCUT2D eigenvalue weighted by molar-refractivity contribution is -0.131. The van der Waals surface area contributed by atoms with E-state index in [0.717, 1.165) is 0 Å². The van der Waals surface area contributed by atoms with Gasteiger partial charge in [-0.05, 0) is 6.42 Å². The van der Waals surface area contributed by atoms with E-state index in [9.17, 15) is 4.79 Å². The van der Waals surface area contributed by atoms with Crippen LogP contribution in [0.3, 0.4) is 0 Å². The molecule has 0 saturated heterocycles. The van der Waals surface area contributed by atoms with E-state index in [-0.39, 0.29) is 24.7 Å². The quantitative estimate of drug-likeness (QED) is 0.340. The molecule has 0 aromatic carbocycles. The number of aliphatic carboxylic acids is 1. The molecule has 0 aromatic heterocycles. The van der Waals surface area contributed by atoms with Crippen molar-refractivity contribution in [3.05, 3.63) is 11.5 Å². The molecule has 0 unspecified atom stereocenters. The van der Waals surface area contributed by atoms with E-state index in [1.165, 1.54) is 0 Å². The van der Waals surface area contributed by atoms with E-state index < -0.39 is 11.4 Å². The highest BCUT2D eigenvalue weighted by atomic mass is 32.1. The van der Waals surface area contributed by atoms with E-state index in [0.29, 0.717) is 6.42 Å². The summed E-state index contributed by atoms with van der Waals surface area (Å²) < 4.78 is 0. The number of rotatable bonds is 5. The Labute approximate surface area is 94.5 Å². The number of hydrogen-bond acceptors (Lipinski definition) is 5. The normalized spacial score (nSPS) is 10.2. The van der Waals surface area contributed by atoms with Gasteiger partial charge in [0.2, 0.25) is 0 Å². The molecule has 0 rings (SSSR count). The average molecular weight is 238 g/mol. The lowest BCUT2D eigenvalue weighted by Crippen LogP contribution is -2.32. The average Bonchev–Trinajstić information content (AvgIpc) is 2.23. The first-order valence-corrected chi connectivity index (χ1v) is 4.77. The summed E-state index contributed by atoms with van der Waals surface area (Å²) in [7, 11) is 0. The second-order valence-electron chi connectivity index (χ2n) is 3.08. The number of thiol groups is 1. The predicted octanol–water partition coefficient (Wildman–Crippen LogP) is -0.126. The summed E-state index contributed by atoms with van der Waals surface area (Å²) in [6.07, 6.45) is 0.594. The number of carboxylic acid groups (broad SMARTS) is 1. The van der Waals surface area contributed by atoms with Gasteiger partial charge in [-0.25, -0.2) is 4.79 Å². The molecule has 0 atom stereocenters. The summed E-state index contributed by atoms with van der Waals surface area (Å²) in [4.78, 5) is 9.39. The minimum absolute atomic E-state index is 0.130. The van der Waals surface area contributed by atoms with Crippen molar-refractivity contribution in [2.75, 3.05) is 19.8 Å². The molecule has 0 fully saturated rings.